The molecule has 0 aliphatic rings. The Labute approximate surface area is 176 Å². The van der Waals surface area contributed by atoms with Gasteiger partial charge in [-0.05, 0) is 56.1 Å². The highest BCUT2D eigenvalue weighted by atomic mass is 79.9. The van der Waals surface area contributed by atoms with Crippen LogP contribution in [0, 0.1) is 10.1 Å². The lowest BCUT2D eigenvalue weighted by Crippen LogP contribution is -1.89. The summed E-state index contributed by atoms with van der Waals surface area (Å²) in [4.78, 5) is 12.1. The molecule has 0 saturated heterocycles. The van der Waals surface area contributed by atoms with Gasteiger partial charge in [-0.2, -0.15) is 0 Å². The maximum Gasteiger partial charge on any atom is 0.278 e. The second-order valence-corrected chi connectivity index (χ2v) is 11.6. The summed E-state index contributed by atoms with van der Waals surface area (Å²) in [7, 11) is 0. The van der Waals surface area contributed by atoms with Crippen molar-refractivity contribution in [1.29, 1.82) is 0 Å². The summed E-state index contributed by atoms with van der Waals surface area (Å²) in [5, 5.41) is 15.0. The number of para-hydroxylation sites is 1. The first-order valence-corrected chi connectivity index (χ1v) is 11.5. The molecule has 2 aromatic carbocycles. The third kappa shape index (κ3) is 2.47. The molecule has 5 rings (SSSR count). The van der Waals surface area contributed by atoms with Gasteiger partial charge in [-0.25, -0.2) is 0 Å². The first-order valence-electron chi connectivity index (χ1n) is 7.50. The van der Waals surface area contributed by atoms with Crippen LogP contribution in [-0.2, 0) is 0 Å². The van der Waals surface area contributed by atoms with Gasteiger partial charge < -0.3 is 0 Å². The Bertz CT molecular complexity index is 1280. The minimum Gasteiger partial charge on any atom is -0.258 e. The molecular weight excluding hydrogens is 518 g/mol. The molecule has 0 saturated carbocycles. The molecule has 0 N–H and O–H groups in total. The van der Waals surface area contributed by atoms with Gasteiger partial charge in [0.2, 0.25) is 0 Å². The van der Waals surface area contributed by atoms with Crippen LogP contribution in [-0.4, -0.2) is 4.92 Å². The van der Waals surface area contributed by atoms with Crippen molar-refractivity contribution in [3.05, 3.63) is 60.2 Å². The number of nitro groups is 1. The smallest absolute Gasteiger partial charge is 0.258 e. The number of hydrogen-bond donors (Lipinski definition) is 0. The van der Waals surface area contributed by atoms with Crippen LogP contribution >= 0.6 is 65.9 Å². The van der Waals surface area contributed by atoms with E-state index in [1.807, 2.05) is 12.1 Å². The molecule has 0 radical (unpaired) electrons. The zero-order valence-electron chi connectivity index (χ0n) is 12.8. The van der Waals surface area contributed by atoms with Gasteiger partial charge in [0, 0.05) is 41.2 Å². The zero-order valence-corrected chi connectivity index (χ0v) is 18.4. The van der Waals surface area contributed by atoms with E-state index < -0.39 is 0 Å². The lowest BCUT2D eigenvalue weighted by molar-refractivity contribution is -0.384. The van der Waals surface area contributed by atoms with Crippen LogP contribution in [0.15, 0.2) is 50.0 Å². The van der Waals surface area contributed by atoms with E-state index in [-0.39, 0.29) is 10.6 Å². The Morgan fingerprint density at radius 3 is 1.96 bits per heavy atom. The number of nitro benzene ring substituents is 1. The van der Waals surface area contributed by atoms with E-state index in [4.69, 9.17) is 0 Å². The minimum absolute atomic E-state index is 0.144. The summed E-state index contributed by atoms with van der Waals surface area (Å²) < 4.78 is 5.82. The van der Waals surface area contributed by atoms with Crippen LogP contribution in [0.5, 0.6) is 0 Å². The number of thiophene rings is 3. The molecule has 0 aliphatic heterocycles. The highest BCUT2D eigenvalue weighted by Gasteiger charge is 2.20. The van der Waals surface area contributed by atoms with Crippen LogP contribution < -0.4 is 0 Å². The molecule has 26 heavy (non-hydrogen) atoms. The van der Waals surface area contributed by atoms with Crippen molar-refractivity contribution in [2.45, 2.75) is 0 Å². The number of halogens is 2. The molecule has 3 heterocycles. The van der Waals surface area contributed by atoms with E-state index >= 15 is 0 Å². The third-order valence-corrected chi connectivity index (χ3v) is 8.78. The first-order chi connectivity index (χ1) is 12.5. The van der Waals surface area contributed by atoms with Gasteiger partial charge in [0.1, 0.15) is 0 Å². The molecule has 0 fully saturated rings. The predicted molar refractivity (Wildman–Crippen MR) is 120 cm³/mol. The molecule has 3 aromatic heterocycles. The van der Waals surface area contributed by atoms with Crippen molar-refractivity contribution in [3.8, 4) is 10.4 Å². The molecule has 8 heteroatoms. The third-order valence-electron chi connectivity index (χ3n) is 4.24. The van der Waals surface area contributed by atoms with E-state index in [1.54, 1.807) is 46.1 Å². The largest absolute Gasteiger partial charge is 0.278 e. The molecular formula is C18H7Br2NO2S3. The fraction of sp³-hybridized carbons (Fsp3) is 0. The highest BCUT2D eigenvalue weighted by Crippen LogP contribution is 2.49. The molecule has 0 amide bonds. The average Bonchev–Trinajstić information content (AvgIpc) is 3.29. The molecule has 3 nitrogen and oxygen atoms in total. The molecule has 0 bridgehead atoms. The quantitative estimate of drug-likeness (QED) is 0.172. The van der Waals surface area contributed by atoms with Crippen LogP contribution in [0.4, 0.5) is 5.69 Å². The molecule has 128 valence electrons. The van der Waals surface area contributed by atoms with Gasteiger partial charge >= 0.3 is 0 Å². The van der Waals surface area contributed by atoms with Crippen LogP contribution in [0.2, 0.25) is 0 Å². The van der Waals surface area contributed by atoms with Crippen LogP contribution in [0.3, 0.4) is 0 Å². The van der Waals surface area contributed by atoms with E-state index in [0.717, 1.165) is 17.8 Å². The van der Waals surface area contributed by atoms with Crippen molar-refractivity contribution in [2.24, 2.45) is 0 Å². The van der Waals surface area contributed by atoms with Crippen molar-refractivity contribution in [2.75, 3.05) is 0 Å². The highest BCUT2D eigenvalue weighted by molar-refractivity contribution is 9.11. The summed E-state index contributed by atoms with van der Waals surface area (Å²) in [6.07, 6.45) is 0. The average molecular weight is 525 g/mol. The fourth-order valence-electron chi connectivity index (χ4n) is 3.19. The van der Waals surface area contributed by atoms with Gasteiger partial charge in [0.25, 0.3) is 5.69 Å². The second-order valence-electron chi connectivity index (χ2n) is 5.71. The number of hydrogen-bond acceptors (Lipinski definition) is 5. The fourth-order valence-corrected chi connectivity index (χ4v) is 7.86. The van der Waals surface area contributed by atoms with Crippen molar-refractivity contribution in [3.63, 3.8) is 0 Å². The van der Waals surface area contributed by atoms with Crippen molar-refractivity contribution in [1.82, 2.24) is 0 Å². The van der Waals surface area contributed by atoms with Crippen molar-refractivity contribution >= 4 is 102 Å². The Morgan fingerprint density at radius 1 is 0.808 bits per heavy atom. The summed E-state index contributed by atoms with van der Waals surface area (Å²) >= 11 is 12.3. The number of nitrogens with zero attached hydrogens (tertiary/aromatic N) is 1. The van der Waals surface area contributed by atoms with Crippen LogP contribution in [0.25, 0.3) is 40.7 Å². The summed E-state index contributed by atoms with van der Waals surface area (Å²) in [5.74, 6) is 0. The lowest BCUT2D eigenvalue weighted by Gasteiger charge is -1.98. The Balaban J connectivity index is 1.93. The van der Waals surface area contributed by atoms with E-state index in [1.165, 1.54) is 24.9 Å². The standard InChI is InChI=1S/C18H7Br2NO2S3/c19-14-6-10-16-9(17-11(18(10)26-14)7-15(20)25-17)5-13(24-16)8-3-1-2-4-12(8)21(22)23/h1-7H. The van der Waals surface area contributed by atoms with Gasteiger partial charge in [0.05, 0.1) is 18.1 Å². The molecule has 0 aliphatic carbocycles. The monoisotopic (exact) mass is 523 g/mol. The van der Waals surface area contributed by atoms with Gasteiger partial charge in [-0.3, -0.25) is 10.1 Å². The number of fused-ring (bicyclic) bond motifs is 6. The maximum absolute atomic E-state index is 11.4. The van der Waals surface area contributed by atoms with Crippen molar-refractivity contribution < 1.29 is 4.92 Å². The molecule has 0 unspecified atom stereocenters. The summed E-state index contributed by atoms with van der Waals surface area (Å²) in [6, 6.07) is 13.3. The second kappa shape index (κ2) is 6.10. The van der Waals surface area contributed by atoms with Gasteiger partial charge in [0.15, 0.2) is 0 Å². The first kappa shape index (κ1) is 16.8. The maximum atomic E-state index is 11.4. The number of benzene rings is 2. The normalized spacial score (nSPS) is 11.8. The van der Waals surface area contributed by atoms with E-state index in [2.05, 4.69) is 50.1 Å². The topological polar surface area (TPSA) is 43.1 Å². The number of rotatable bonds is 2. The Kier molecular flexibility index (Phi) is 3.95. The van der Waals surface area contributed by atoms with Gasteiger partial charge in [-0.15, -0.1) is 34.0 Å². The molecule has 5 aromatic rings. The van der Waals surface area contributed by atoms with E-state index in [0.29, 0.717) is 5.56 Å². The predicted octanol–water partition coefficient (Wildman–Crippen LogP) is 8.43. The summed E-state index contributed by atoms with van der Waals surface area (Å²) in [5.41, 5.74) is 0.815. The summed E-state index contributed by atoms with van der Waals surface area (Å²) in [6.45, 7) is 0. The van der Waals surface area contributed by atoms with Gasteiger partial charge in [-0.1, -0.05) is 12.1 Å². The zero-order chi connectivity index (χ0) is 18.0. The van der Waals surface area contributed by atoms with E-state index in [9.17, 15) is 10.1 Å². The minimum atomic E-state index is -0.312. The SMILES string of the molecule is O=[N+]([O-])c1ccccc1-c1cc2c3sc(Br)cc3c3sc(Br)cc3c2s1. The molecule has 0 atom stereocenters. The Morgan fingerprint density at radius 2 is 1.35 bits per heavy atom. The molecule has 0 spiro atoms. The van der Waals surface area contributed by atoms with Crippen LogP contribution in [0.1, 0.15) is 0 Å². The Hall–Kier alpha value is -1.32. The lowest BCUT2D eigenvalue weighted by atomic mass is 10.1.